The molecule has 0 radical (unpaired) electrons. The Morgan fingerprint density at radius 2 is 1.51 bits per heavy atom. The van der Waals surface area contributed by atoms with Crippen LogP contribution in [-0.2, 0) is 4.79 Å². The van der Waals surface area contributed by atoms with Crippen LogP contribution in [0.5, 0.6) is 5.75 Å². The fraction of sp³-hybridized carbons (Fsp3) is 0.0741. The molecule has 1 heterocycles. The highest BCUT2D eigenvalue weighted by Gasteiger charge is 2.23. The molecule has 0 aliphatic carbocycles. The van der Waals surface area contributed by atoms with E-state index >= 15 is 0 Å². The van der Waals surface area contributed by atoms with E-state index in [0.717, 1.165) is 11.1 Å². The Balaban J connectivity index is 1.46. The van der Waals surface area contributed by atoms with E-state index in [1.807, 2.05) is 72.1 Å². The number of hydrogen-bond donors (Lipinski definition) is 3. The van der Waals surface area contributed by atoms with Crippen LogP contribution in [0.4, 0.5) is 11.4 Å². The Hall–Kier alpha value is -4.01. The highest BCUT2D eigenvalue weighted by molar-refractivity contribution is 7.80. The summed E-state index contributed by atoms with van der Waals surface area (Å²) in [6.45, 7) is 0. The predicted molar refractivity (Wildman–Crippen MR) is 144 cm³/mol. The zero-order valence-electron chi connectivity index (χ0n) is 18.9. The summed E-state index contributed by atoms with van der Waals surface area (Å²) >= 11 is 6.77. The van der Waals surface area contributed by atoms with Gasteiger partial charge in [-0.2, -0.15) is 0 Å². The number of benzene rings is 3. The number of hydrogen-bond acceptors (Lipinski definition) is 5. The quantitative estimate of drug-likeness (QED) is 0.285. The van der Waals surface area contributed by atoms with Crippen molar-refractivity contribution in [2.24, 2.45) is 0 Å². The van der Waals surface area contributed by atoms with Crippen LogP contribution in [0.25, 0.3) is 0 Å². The van der Waals surface area contributed by atoms with E-state index in [1.165, 1.54) is 18.4 Å². The third-order valence-corrected chi connectivity index (χ3v) is 6.29. The smallest absolute Gasteiger partial charge is 0.265 e. The third-order valence-electron chi connectivity index (χ3n) is 5.22. The zero-order valence-corrected chi connectivity index (χ0v) is 20.5. The molecule has 0 saturated heterocycles. The van der Waals surface area contributed by atoms with Gasteiger partial charge < -0.3 is 20.7 Å². The van der Waals surface area contributed by atoms with Crippen LogP contribution in [0.3, 0.4) is 0 Å². The molecule has 2 amide bonds. The molecule has 8 heteroatoms. The minimum Gasteiger partial charge on any atom is -0.494 e. The molecule has 0 atom stereocenters. The molecule has 4 aromatic rings. The van der Waals surface area contributed by atoms with Gasteiger partial charge in [0.25, 0.3) is 5.91 Å². The molecule has 176 valence electrons. The SMILES string of the molecule is COc1cc(NC(=S)NC(=O)C(c2ccccc2)c2ccccc2)ccc1NC(=O)c1cccs1. The van der Waals surface area contributed by atoms with Gasteiger partial charge in [0.05, 0.1) is 23.6 Å². The van der Waals surface area contributed by atoms with E-state index in [9.17, 15) is 9.59 Å². The molecule has 3 N–H and O–H groups in total. The number of carbonyl (C=O) groups excluding carboxylic acids is 2. The van der Waals surface area contributed by atoms with Gasteiger partial charge in [0.2, 0.25) is 5.91 Å². The molecular weight excluding hydrogens is 478 g/mol. The van der Waals surface area contributed by atoms with Crippen molar-refractivity contribution >= 4 is 51.9 Å². The molecule has 1 aromatic heterocycles. The minimum absolute atomic E-state index is 0.157. The van der Waals surface area contributed by atoms with Gasteiger partial charge in [-0.05, 0) is 46.9 Å². The monoisotopic (exact) mass is 501 g/mol. The molecule has 0 spiro atoms. The summed E-state index contributed by atoms with van der Waals surface area (Å²) in [6, 6.07) is 27.8. The van der Waals surface area contributed by atoms with Gasteiger partial charge in [-0.3, -0.25) is 9.59 Å². The van der Waals surface area contributed by atoms with Crippen molar-refractivity contribution in [1.82, 2.24) is 5.32 Å². The number of ether oxygens (including phenoxy) is 1. The van der Waals surface area contributed by atoms with Crippen LogP contribution in [-0.4, -0.2) is 24.0 Å². The Kier molecular flexibility index (Phi) is 7.87. The summed E-state index contributed by atoms with van der Waals surface area (Å²) in [7, 11) is 1.52. The normalized spacial score (nSPS) is 10.5. The second-order valence-corrected chi connectivity index (χ2v) is 8.90. The first-order valence-corrected chi connectivity index (χ1v) is 12.1. The van der Waals surface area contributed by atoms with Gasteiger partial charge in [-0.15, -0.1) is 11.3 Å². The highest BCUT2D eigenvalue weighted by Crippen LogP contribution is 2.29. The molecular formula is C27H23N3O3S2. The number of methoxy groups -OCH3 is 1. The van der Waals surface area contributed by atoms with Crippen LogP contribution < -0.4 is 20.7 Å². The van der Waals surface area contributed by atoms with Crippen molar-refractivity contribution in [3.8, 4) is 5.75 Å². The number of thiocarbonyl (C=S) groups is 1. The lowest BCUT2D eigenvalue weighted by Gasteiger charge is -2.19. The third kappa shape index (κ3) is 6.11. The molecule has 3 aromatic carbocycles. The Bertz CT molecular complexity index is 1270. The summed E-state index contributed by atoms with van der Waals surface area (Å²) in [6.07, 6.45) is 0. The van der Waals surface area contributed by atoms with Gasteiger partial charge in [0.15, 0.2) is 5.11 Å². The Morgan fingerprint density at radius 3 is 2.09 bits per heavy atom. The first-order valence-electron chi connectivity index (χ1n) is 10.8. The van der Waals surface area contributed by atoms with Crippen molar-refractivity contribution in [3.63, 3.8) is 0 Å². The average Bonchev–Trinajstić information content (AvgIpc) is 3.42. The first kappa shape index (κ1) is 24.1. The molecule has 0 fully saturated rings. The summed E-state index contributed by atoms with van der Waals surface area (Å²) in [5.41, 5.74) is 2.87. The summed E-state index contributed by atoms with van der Waals surface area (Å²) < 4.78 is 5.44. The molecule has 6 nitrogen and oxygen atoms in total. The molecule has 0 saturated carbocycles. The van der Waals surface area contributed by atoms with E-state index in [-0.39, 0.29) is 16.9 Å². The van der Waals surface area contributed by atoms with E-state index in [4.69, 9.17) is 17.0 Å². The number of nitrogens with one attached hydrogen (secondary N) is 3. The molecule has 35 heavy (non-hydrogen) atoms. The maximum absolute atomic E-state index is 13.2. The van der Waals surface area contributed by atoms with Gasteiger partial charge in [0, 0.05) is 11.8 Å². The van der Waals surface area contributed by atoms with Crippen molar-refractivity contribution < 1.29 is 14.3 Å². The fourth-order valence-corrected chi connectivity index (χ4v) is 4.43. The van der Waals surface area contributed by atoms with E-state index in [1.54, 1.807) is 24.3 Å². The maximum atomic E-state index is 13.2. The summed E-state index contributed by atoms with van der Waals surface area (Å²) in [5.74, 6) is -0.511. The zero-order chi connectivity index (χ0) is 24.6. The van der Waals surface area contributed by atoms with Crippen molar-refractivity contribution in [3.05, 3.63) is 112 Å². The van der Waals surface area contributed by atoms with Crippen molar-refractivity contribution in [2.45, 2.75) is 5.92 Å². The second-order valence-electron chi connectivity index (χ2n) is 7.54. The maximum Gasteiger partial charge on any atom is 0.265 e. The summed E-state index contributed by atoms with van der Waals surface area (Å²) in [4.78, 5) is 26.2. The lowest BCUT2D eigenvalue weighted by atomic mass is 9.90. The second kappa shape index (κ2) is 11.4. The van der Waals surface area contributed by atoms with E-state index < -0.39 is 5.92 Å². The predicted octanol–water partition coefficient (Wildman–Crippen LogP) is 5.65. The topological polar surface area (TPSA) is 79.5 Å². The lowest BCUT2D eigenvalue weighted by Crippen LogP contribution is -2.37. The van der Waals surface area contributed by atoms with Crippen LogP contribution in [0.1, 0.15) is 26.7 Å². The minimum atomic E-state index is -0.512. The molecule has 4 rings (SSSR count). The number of carbonyl (C=O) groups is 2. The average molecular weight is 502 g/mol. The van der Waals surface area contributed by atoms with Crippen molar-refractivity contribution in [2.75, 3.05) is 17.7 Å². The van der Waals surface area contributed by atoms with Crippen molar-refractivity contribution in [1.29, 1.82) is 0 Å². The van der Waals surface area contributed by atoms with Gasteiger partial charge >= 0.3 is 0 Å². The van der Waals surface area contributed by atoms with Gasteiger partial charge in [-0.1, -0.05) is 66.7 Å². The molecule has 0 bridgehead atoms. The van der Waals surface area contributed by atoms with E-state index in [2.05, 4.69) is 16.0 Å². The first-order chi connectivity index (χ1) is 17.0. The van der Waals surface area contributed by atoms with Crippen LogP contribution in [0.15, 0.2) is 96.4 Å². The number of anilines is 2. The molecule has 0 aliphatic rings. The van der Waals surface area contributed by atoms with Crippen LogP contribution in [0, 0.1) is 0 Å². The number of rotatable bonds is 7. The highest BCUT2D eigenvalue weighted by atomic mass is 32.1. The molecule has 0 unspecified atom stereocenters. The standard InChI is InChI=1S/C27H23N3O3S2/c1-33-22-17-20(14-15-21(22)29-25(31)23-13-8-16-35-23)28-27(34)30-26(32)24(18-9-4-2-5-10-18)19-11-6-3-7-12-19/h2-17,24H,1H3,(H,29,31)(H2,28,30,32,34). The van der Waals surface area contributed by atoms with Crippen LogP contribution in [0.2, 0.25) is 0 Å². The lowest BCUT2D eigenvalue weighted by molar-refractivity contribution is -0.120. The molecule has 0 aliphatic heterocycles. The van der Waals surface area contributed by atoms with Gasteiger partial charge in [0.1, 0.15) is 5.75 Å². The summed E-state index contributed by atoms with van der Waals surface area (Å²) in [5, 5.41) is 10.7. The number of thiophene rings is 1. The fourth-order valence-electron chi connectivity index (χ4n) is 3.60. The van der Waals surface area contributed by atoms with E-state index in [0.29, 0.717) is 22.0 Å². The van der Waals surface area contributed by atoms with Crippen LogP contribution >= 0.6 is 23.6 Å². The Morgan fingerprint density at radius 1 is 0.857 bits per heavy atom. The van der Waals surface area contributed by atoms with Gasteiger partial charge in [-0.25, -0.2) is 0 Å². The number of amides is 2. The Labute approximate surface area is 213 Å². The largest absolute Gasteiger partial charge is 0.494 e.